The molecule has 0 aliphatic carbocycles. The van der Waals surface area contributed by atoms with Gasteiger partial charge in [0.2, 0.25) is 5.91 Å². The van der Waals surface area contributed by atoms with Crippen molar-refractivity contribution in [1.29, 1.82) is 0 Å². The highest BCUT2D eigenvalue weighted by Crippen LogP contribution is 2.12. The average Bonchev–Trinajstić information content (AvgIpc) is 2.27. The third kappa shape index (κ3) is 3.69. The lowest BCUT2D eigenvalue weighted by Gasteiger charge is -2.23. The van der Waals surface area contributed by atoms with Crippen LogP contribution < -0.4 is 0 Å². The summed E-state index contributed by atoms with van der Waals surface area (Å²) in [7, 11) is 1.76. The highest BCUT2D eigenvalue weighted by molar-refractivity contribution is 6.30. The molecule has 1 atom stereocenters. The van der Waals surface area contributed by atoms with Crippen LogP contribution in [0.5, 0.6) is 0 Å². The fourth-order valence-electron chi connectivity index (χ4n) is 1.30. The fourth-order valence-corrected chi connectivity index (χ4v) is 1.72. The minimum Gasteiger partial charge on any atom is -0.342 e. The van der Waals surface area contributed by atoms with Crippen molar-refractivity contribution in [2.24, 2.45) is 0 Å². The number of hydrogen-bond donors (Lipinski definition) is 0. The fraction of sp³-hybridized carbons (Fsp3) is 0.417. The van der Waals surface area contributed by atoms with Crippen molar-refractivity contribution >= 4 is 29.1 Å². The van der Waals surface area contributed by atoms with Gasteiger partial charge in [-0.15, -0.1) is 11.6 Å². The molecule has 1 aromatic carbocycles. The first kappa shape index (κ1) is 13.3. The number of rotatable bonds is 4. The molecule has 0 fully saturated rings. The molecule has 1 unspecified atom stereocenters. The van der Waals surface area contributed by atoms with E-state index in [-0.39, 0.29) is 11.9 Å². The van der Waals surface area contributed by atoms with Gasteiger partial charge in [0.15, 0.2) is 0 Å². The van der Waals surface area contributed by atoms with Crippen LogP contribution in [0.1, 0.15) is 12.5 Å². The van der Waals surface area contributed by atoms with Crippen molar-refractivity contribution in [2.75, 3.05) is 12.9 Å². The number of hydrogen-bond acceptors (Lipinski definition) is 1. The maximum absolute atomic E-state index is 11.8. The molecule has 2 nitrogen and oxygen atoms in total. The molecule has 4 heteroatoms. The van der Waals surface area contributed by atoms with E-state index in [2.05, 4.69) is 0 Å². The number of benzene rings is 1. The van der Waals surface area contributed by atoms with Crippen LogP contribution in [-0.4, -0.2) is 29.8 Å². The van der Waals surface area contributed by atoms with E-state index in [0.29, 0.717) is 17.3 Å². The molecule has 0 aliphatic heterocycles. The van der Waals surface area contributed by atoms with E-state index >= 15 is 0 Å². The quantitative estimate of drug-likeness (QED) is 0.762. The van der Waals surface area contributed by atoms with Crippen LogP contribution >= 0.6 is 23.2 Å². The highest BCUT2D eigenvalue weighted by Gasteiger charge is 2.14. The SMILES string of the molecule is CC(CCl)N(C)C(=O)Cc1cccc(Cl)c1. The molecule has 0 N–H and O–H groups in total. The third-order valence-corrected chi connectivity index (χ3v) is 3.20. The summed E-state index contributed by atoms with van der Waals surface area (Å²) in [6.07, 6.45) is 0.359. The van der Waals surface area contributed by atoms with Gasteiger partial charge < -0.3 is 4.90 Å². The molecular formula is C12H15Cl2NO. The molecule has 0 radical (unpaired) electrons. The minimum absolute atomic E-state index is 0.0494. The van der Waals surface area contributed by atoms with Gasteiger partial charge in [0.25, 0.3) is 0 Å². The van der Waals surface area contributed by atoms with E-state index in [9.17, 15) is 4.79 Å². The van der Waals surface area contributed by atoms with Gasteiger partial charge in [-0.05, 0) is 24.6 Å². The number of likely N-dealkylation sites (N-methyl/N-ethyl adjacent to an activating group) is 1. The van der Waals surface area contributed by atoms with E-state index in [1.54, 1.807) is 24.1 Å². The Labute approximate surface area is 106 Å². The van der Waals surface area contributed by atoms with Gasteiger partial charge in [0.1, 0.15) is 0 Å². The van der Waals surface area contributed by atoms with E-state index < -0.39 is 0 Å². The Morgan fingerprint density at radius 1 is 1.50 bits per heavy atom. The maximum atomic E-state index is 11.8. The maximum Gasteiger partial charge on any atom is 0.227 e. The summed E-state index contributed by atoms with van der Waals surface area (Å²) in [5.41, 5.74) is 0.922. The minimum atomic E-state index is 0.0494. The van der Waals surface area contributed by atoms with Crippen molar-refractivity contribution in [3.05, 3.63) is 34.9 Å². The second-order valence-electron chi connectivity index (χ2n) is 3.81. The number of amides is 1. The molecule has 0 spiro atoms. The lowest BCUT2D eigenvalue weighted by atomic mass is 10.1. The molecular weight excluding hydrogens is 245 g/mol. The molecule has 88 valence electrons. The van der Waals surface area contributed by atoms with Crippen molar-refractivity contribution in [3.8, 4) is 0 Å². The number of carbonyl (C=O) groups is 1. The predicted molar refractivity (Wildman–Crippen MR) is 68.1 cm³/mol. The third-order valence-electron chi connectivity index (χ3n) is 2.52. The zero-order valence-corrected chi connectivity index (χ0v) is 10.9. The summed E-state index contributed by atoms with van der Waals surface area (Å²) in [6, 6.07) is 7.38. The molecule has 0 bridgehead atoms. The van der Waals surface area contributed by atoms with Crippen molar-refractivity contribution in [2.45, 2.75) is 19.4 Å². The first-order chi connectivity index (χ1) is 7.54. The van der Waals surface area contributed by atoms with Crippen LogP contribution in [0.3, 0.4) is 0 Å². The number of carbonyl (C=O) groups excluding carboxylic acids is 1. The molecule has 0 saturated carbocycles. The molecule has 0 saturated heterocycles. The number of alkyl halides is 1. The van der Waals surface area contributed by atoms with Gasteiger partial charge >= 0.3 is 0 Å². The molecule has 16 heavy (non-hydrogen) atoms. The Morgan fingerprint density at radius 2 is 2.19 bits per heavy atom. The smallest absolute Gasteiger partial charge is 0.227 e. The first-order valence-electron chi connectivity index (χ1n) is 5.10. The van der Waals surface area contributed by atoms with Gasteiger partial charge in [-0.3, -0.25) is 4.79 Å². The lowest BCUT2D eigenvalue weighted by Crippen LogP contribution is -2.37. The van der Waals surface area contributed by atoms with Crippen LogP contribution in [0.15, 0.2) is 24.3 Å². The van der Waals surface area contributed by atoms with Gasteiger partial charge in [-0.25, -0.2) is 0 Å². The van der Waals surface area contributed by atoms with E-state index in [4.69, 9.17) is 23.2 Å². The average molecular weight is 260 g/mol. The van der Waals surface area contributed by atoms with Gasteiger partial charge in [-0.2, -0.15) is 0 Å². The second kappa shape index (κ2) is 6.12. The Bertz CT molecular complexity index is 368. The Hall–Kier alpha value is -0.730. The van der Waals surface area contributed by atoms with Crippen LogP contribution in [-0.2, 0) is 11.2 Å². The summed E-state index contributed by atoms with van der Waals surface area (Å²) < 4.78 is 0. The van der Waals surface area contributed by atoms with E-state index in [0.717, 1.165) is 5.56 Å². The van der Waals surface area contributed by atoms with E-state index in [1.165, 1.54) is 0 Å². The van der Waals surface area contributed by atoms with Crippen LogP contribution in [0.4, 0.5) is 0 Å². The van der Waals surface area contributed by atoms with Gasteiger partial charge in [0, 0.05) is 24.0 Å². The predicted octanol–water partition coefficient (Wildman–Crippen LogP) is 2.97. The molecule has 0 aliphatic rings. The topological polar surface area (TPSA) is 20.3 Å². The summed E-state index contributed by atoms with van der Waals surface area (Å²) >= 11 is 11.6. The largest absolute Gasteiger partial charge is 0.342 e. The van der Waals surface area contributed by atoms with Crippen LogP contribution in [0, 0.1) is 0 Å². The Balaban J connectivity index is 2.64. The highest BCUT2D eigenvalue weighted by atomic mass is 35.5. The second-order valence-corrected chi connectivity index (χ2v) is 4.56. The zero-order valence-electron chi connectivity index (χ0n) is 9.41. The van der Waals surface area contributed by atoms with Gasteiger partial charge in [0.05, 0.1) is 6.42 Å². The molecule has 0 aromatic heterocycles. The Morgan fingerprint density at radius 3 is 2.75 bits per heavy atom. The van der Waals surface area contributed by atoms with Crippen molar-refractivity contribution in [1.82, 2.24) is 4.90 Å². The standard InChI is InChI=1S/C12H15Cl2NO/c1-9(8-13)15(2)12(16)7-10-4-3-5-11(14)6-10/h3-6,9H,7-8H2,1-2H3. The number of halogens is 2. The molecule has 1 rings (SSSR count). The first-order valence-corrected chi connectivity index (χ1v) is 6.02. The van der Waals surface area contributed by atoms with Crippen LogP contribution in [0.25, 0.3) is 0 Å². The normalized spacial score (nSPS) is 12.2. The molecule has 1 amide bonds. The summed E-state index contributed by atoms with van der Waals surface area (Å²) in [5, 5.41) is 0.651. The summed E-state index contributed by atoms with van der Waals surface area (Å²) in [6.45, 7) is 1.92. The van der Waals surface area contributed by atoms with Gasteiger partial charge in [-0.1, -0.05) is 23.7 Å². The van der Waals surface area contributed by atoms with Crippen LogP contribution in [0.2, 0.25) is 5.02 Å². The number of nitrogens with zero attached hydrogens (tertiary/aromatic N) is 1. The van der Waals surface area contributed by atoms with Crippen molar-refractivity contribution < 1.29 is 4.79 Å². The zero-order chi connectivity index (χ0) is 12.1. The summed E-state index contributed by atoms with van der Waals surface area (Å²) in [4.78, 5) is 13.5. The van der Waals surface area contributed by atoms with Crippen molar-refractivity contribution in [3.63, 3.8) is 0 Å². The Kier molecular flexibility index (Phi) is 5.10. The monoisotopic (exact) mass is 259 g/mol. The molecule has 1 aromatic rings. The summed E-state index contributed by atoms with van der Waals surface area (Å²) in [5.74, 6) is 0.494. The van der Waals surface area contributed by atoms with E-state index in [1.807, 2.05) is 19.1 Å². The molecule has 0 heterocycles. The lowest BCUT2D eigenvalue weighted by molar-refractivity contribution is -0.130.